The molecule has 5 aromatic rings. The maximum atomic E-state index is 13.6. The summed E-state index contributed by atoms with van der Waals surface area (Å²) in [5.41, 5.74) is 3.06. The number of phenols is 1. The van der Waals surface area contributed by atoms with Crippen LogP contribution in [0.2, 0.25) is 0 Å². The molecule has 1 unspecified atom stereocenters. The molecule has 238 valence electrons. The van der Waals surface area contributed by atoms with E-state index >= 15 is 0 Å². The van der Waals surface area contributed by atoms with Crippen molar-refractivity contribution in [3.8, 4) is 22.8 Å². The van der Waals surface area contributed by atoms with Crippen molar-refractivity contribution in [2.24, 2.45) is 0 Å². The molecular formula is C36H32N4O5S2. The fraction of sp³-hybridized carbons (Fsp3) is 0.111. The van der Waals surface area contributed by atoms with Gasteiger partial charge in [0.1, 0.15) is 17.2 Å². The van der Waals surface area contributed by atoms with Gasteiger partial charge in [-0.25, -0.2) is 4.98 Å². The number of carbonyl (C=O) groups is 3. The fourth-order valence-electron chi connectivity index (χ4n) is 4.51. The van der Waals surface area contributed by atoms with Crippen LogP contribution in [0.15, 0.2) is 119 Å². The van der Waals surface area contributed by atoms with Gasteiger partial charge in [0, 0.05) is 38.7 Å². The van der Waals surface area contributed by atoms with E-state index in [1.165, 1.54) is 48.4 Å². The summed E-state index contributed by atoms with van der Waals surface area (Å²) >= 11 is 2.74. The van der Waals surface area contributed by atoms with Gasteiger partial charge in [-0.15, -0.1) is 23.1 Å². The van der Waals surface area contributed by atoms with Gasteiger partial charge in [0.05, 0.1) is 18.1 Å². The molecule has 11 heteroatoms. The Labute approximate surface area is 280 Å². The number of phenolic OH excluding ortho intramolecular Hbond substituents is 1. The van der Waals surface area contributed by atoms with E-state index in [0.29, 0.717) is 34.1 Å². The van der Waals surface area contributed by atoms with Crippen LogP contribution in [-0.2, 0) is 9.59 Å². The van der Waals surface area contributed by atoms with Crippen LogP contribution in [0, 0.1) is 0 Å². The van der Waals surface area contributed by atoms with Crippen LogP contribution in [0.1, 0.15) is 29.3 Å². The zero-order valence-electron chi connectivity index (χ0n) is 25.6. The van der Waals surface area contributed by atoms with Gasteiger partial charge in [-0.1, -0.05) is 61.5 Å². The van der Waals surface area contributed by atoms with Crippen molar-refractivity contribution in [1.29, 1.82) is 0 Å². The molecule has 0 aliphatic rings. The summed E-state index contributed by atoms with van der Waals surface area (Å²) < 4.78 is 5.37. The maximum Gasteiger partial charge on any atom is 0.272 e. The van der Waals surface area contributed by atoms with Gasteiger partial charge in [0.25, 0.3) is 11.8 Å². The van der Waals surface area contributed by atoms with E-state index in [2.05, 4.69) is 20.9 Å². The molecule has 9 nitrogen and oxygen atoms in total. The first-order valence-electron chi connectivity index (χ1n) is 14.7. The molecule has 3 amide bonds. The third kappa shape index (κ3) is 8.87. The Morgan fingerprint density at radius 1 is 0.936 bits per heavy atom. The Kier molecular flexibility index (Phi) is 11.1. The highest BCUT2D eigenvalue weighted by molar-refractivity contribution is 8.00. The van der Waals surface area contributed by atoms with Crippen molar-refractivity contribution in [2.75, 3.05) is 17.7 Å². The lowest BCUT2D eigenvalue weighted by Crippen LogP contribution is -2.30. The first-order chi connectivity index (χ1) is 22.8. The summed E-state index contributed by atoms with van der Waals surface area (Å²) in [6.45, 7) is 1.93. The number of methoxy groups -OCH3 is 1. The summed E-state index contributed by atoms with van der Waals surface area (Å²) in [7, 11) is 1.44. The lowest BCUT2D eigenvalue weighted by Gasteiger charge is -2.15. The van der Waals surface area contributed by atoms with E-state index in [9.17, 15) is 19.5 Å². The van der Waals surface area contributed by atoms with Crippen LogP contribution >= 0.6 is 23.1 Å². The van der Waals surface area contributed by atoms with Crippen LogP contribution in [-0.4, -0.2) is 40.2 Å². The summed E-state index contributed by atoms with van der Waals surface area (Å²) in [6, 6.07) is 29.9. The number of hydrogen-bond donors (Lipinski definition) is 4. The van der Waals surface area contributed by atoms with Crippen LogP contribution in [0.25, 0.3) is 17.3 Å². The standard InChI is InChI=1S/C36H32N4O5S2/c1-3-32(35(44)40-36-39-30(22-46-36)23-11-6-4-7-12-23)47-28-16-10-15-26(20-28)37-34(43)29(38-33(42)24-13-8-5-9-14-24)19-25-17-18-27(41)21-31(25)45-2/h4-22,32,41H,3H2,1-2H3,(H,37,43)(H,38,42)(H,39,40,44)/b29-19+. The molecule has 0 spiro atoms. The molecule has 0 fully saturated rings. The van der Waals surface area contributed by atoms with E-state index in [4.69, 9.17) is 4.74 Å². The Morgan fingerprint density at radius 2 is 1.68 bits per heavy atom. The van der Waals surface area contributed by atoms with E-state index in [-0.39, 0.29) is 17.4 Å². The number of aromatic nitrogens is 1. The Balaban J connectivity index is 1.30. The predicted molar refractivity (Wildman–Crippen MR) is 188 cm³/mol. The average Bonchev–Trinajstić information content (AvgIpc) is 3.56. The topological polar surface area (TPSA) is 130 Å². The molecular weight excluding hydrogens is 633 g/mol. The summed E-state index contributed by atoms with van der Waals surface area (Å²) in [6.07, 6.45) is 2.04. The van der Waals surface area contributed by atoms with Gasteiger partial charge in [0.15, 0.2) is 5.13 Å². The van der Waals surface area contributed by atoms with Gasteiger partial charge >= 0.3 is 0 Å². The molecule has 0 saturated heterocycles. The Bertz CT molecular complexity index is 1890. The van der Waals surface area contributed by atoms with E-state index < -0.39 is 17.1 Å². The molecule has 4 N–H and O–H groups in total. The smallest absolute Gasteiger partial charge is 0.272 e. The number of thiazole rings is 1. The van der Waals surface area contributed by atoms with Gasteiger partial charge < -0.3 is 25.8 Å². The minimum absolute atomic E-state index is 0.00436. The summed E-state index contributed by atoms with van der Waals surface area (Å²) in [5, 5.41) is 20.4. The molecule has 0 aliphatic heterocycles. The third-order valence-corrected chi connectivity index (χ3v) is 9.00. The molecule has 0 aliphatic carbocycles. The van der Waals surface area contributed by atoms with Gasteiger partial charge in [-0.05, 0) is 55.0 Å². The number of aromatic hydroxyl groups is 1. The molecule has 5 rings (SSSR count). The second-order valence-corrected chi connectivity index (χ2v) is 12.3. The molecule has 47 heavy (non-hydrogen) atoms. The van der Waals surface area contributed by atoms with Crippen molar-refractivity contribution in [2.45, 2.75) is 23.5 Å². The quantitative estimate of drug-likeness (QED) is 0.0806. The van der Waals surface area contributed by atoms with Crippen molar-refractivity contribution in [1.82, 2.24) is 10.3 Å². The maximum absolute atomic E-state index is 13.6. The number of thioether (sulfide) groups is 1. The van der Waals surface area contributed by atoms with Crippen molar-refractivity contribution >= 4 is 57.7 Å². The number of hydrogen-bond acceptors (Lipinski definition) is 8. The largest absolute Gasteiger partial charge is 0.508 e. The normalized spacial score (nSPS) is 11.7. The zero-order valence-corrected chi connectivity index (χ0v) is 27.2. The van der Waals surface area contributed by atoms with E-state index in [1.807, 2.05) is 48.7 Å². The monoisotopic (exact) mass is 664 g/mol. The van der Waals surface area contributed by atoms with E-state index in [1.54, 1.807) is 54.6 Å². The number of carbonyl (C=O) groups excluding carboxylic acids is 3. The fourth-order valence-corrected chi connectivity index (χ4v) is 6.24. The number of rotatable bonds is 12. The summed E-state index contributed by atoms with van der Waals surface area (Å²) in [5.74, 6) is -0.898. The highest BCUT2D eigenvalue weighted by Gasteiger charge is 2.21. The predicted octanol–water partition coefficient (Wildman–Crippen LogP) is 7.44. The molecule has 1 aromatic heterocycles. The Morgan fingerprint density at radius 3 is 2.40 bits per heavy atom. The first-order valence-corrected chi connectivity index (χ1v) is 16.4. The van der Waals surface area contributed by atoms with Crippen molar-refractivity contribution < 1.29 is 24.2 Å². The van der Waals surface area contributed by atoms with Crippen LogP contribution in [0.4, 0.5) is 10.8 Å². The van der Waals surface area contributed by atoms with E-state index in [0.717, 1.165) is 16.2 Å². The number of nitrogens with one attached hydrogen (secondary N) is 3. The zero-order chi connectivity index (χ0) is 33.2. The lowest BCUT2D eigenvalue weighted by atomic mass is 10.1. The van der Waals surface area contributed by atoms with Crippen LogP contribution in [0.5, 0.6) is 11.5 Å². The SMILES string of the molecule is CCC(Sc1cccc(NC(=O)/C(=C\c2ccc(O)cc2OC)NC(=O)c2ccccc2)c1)C(=O)Nc1nc(-c2ccccc2)cs1. The molecule has 0 bridgehead atoms. The molecule has 4 aromatic carbocycles. The highest BCUT2D eigenvalue weighted by atomic mass is 32.2. The molecule has 1 atom stereocenters. The number of benzene rings is 4. The number of anilines is 2. The molecule has 0 radical (unpaired) electrons. The minimum Gasteiger partial charge on any atom is -0.508 e. The average molecular weight is 665 g/mol. The number of amides is 3. The molecule has 1 heterocycles. The van der Waals surface area contributed by atoms with Crippen LogP contribution < -0.4 is 20.7 Å². The third-order valence-electron chi connectivity index (χ3n) is 6.88. The molecule has 0 saturated carbocycles. The van der Waals surface area contributed by atoms with Crippen molar-refractivity contribution in [3.63, 3.8) is 0 Å². The van der Waals surface area contributed by atoms with Crippen molar-refractivity contribution in [3.05, 3.63) is 125 Å². The van der Waals surface area contributed by atoms with Gasteiger partial charge in [0.2, 0.25) is 5.91 Å². The summed E-state index contributed by atoms with van der Waals surface area (Å²) in [4.78, 5) is 45.2. The lowest BCUT2D eigenvalue weighted by molar-refractivity contribution is -0.116. The number of nitrogens with zero attached hydrogens (tertiary/aromatic N) is 1. The van der Waals surface area contributed by atoms with Gasteiger partial charge in [-0.2, -0.15) is 0 Å². The Hall–Kier alpha value is -5.39. The van der Waals surface area contributed by atoms with Crippen LogP contribution in [0.3, 0.4) is 0 Å². The van der Waals surface area contributed by atoms with Gasteiger partial charge in [-0.3, -0.25) is 14.4 Å². The second kappa shape index (κ2) is 15.7. The first kappa shape index (κ1) is 33.0. The second-order valence-electron chi connectivity index (χ2n) is 10.2. The minimum atomic E-state index is -0.575. The highest BCUT2D eigenvalue weighted by Crippen LogP contribution is 2.31. The number of ether oxygens (including phenoxy) is 1.